The van der Waals surface area contributed by atoms with Gasteiger partial charge < -0.3 is 14.8 Å². The Morgan fingerprint density at radius 1 is 1.12 bits per heavy atom. The van der Waals surface area contributed by atoms with E-state index in [1.165, 1.54) is 18.2 Å². The van der Waals surface area contributed by atoms with Gasteiger partial charge in [-0.3, -0.25) is 4.79 Å². The van der Waals surface area contributed by atoms with Crippen molar-refractivity contribution in [2.24, 2.45) is 0 Å². The molecular weight excluding hydrogens is 309 g/mol. The van der Waals surface area contributed by atoms with Crippen molar-refractivity contribution in [3.8, 4) is 11.5 Å². The molecule has 4 nitrogen and oxygen atoms in total. The van der Waals surface area contributed by atoms with Crippen molar-refractivity contribution in [1.29, 1.82) is 0 Å². The first-order valence-electron chi connectivity index (χ1n) is 7.90. The van der Waals surface area contributed by atoms with E-state index >= 15 is 0 Å². The maximum atomic E-state index is 13.2. The Morgan fingerprint density at radius 3 is 2.62 bits per heavy atom. The molecule has 5 heteroatoms. The summed E-state index contributed by atoms with van der Waals surface area (Å²) < 4.78 is 24.4. The molecule has 1 aliphatic heterocycles. The lowest BCUT2D eigenvalue weighted by molar-refractivity contribution is 0.0945. The predicted octanol–water partition coefficient (Wildman–Crippen LogP) is 3.30. The summed E-state index contributed by atoms with van der Waals surface area (Å²) in [6, 6.07) is 11.5. The molecule has 126 valence electrons. The molecule has 1 aliphatic rings. The molecule has 0 aromatic heterocycles. The molecule has 0 atom stereocenters. The molecule has 0 unspecified atom stereocenters. The van der Waals surface area contributed by atoms with E-state index in [4.69, 9.17) is 9.47 Å². The molecule has 2 aromatic rings. The van der Waals surface area contributed by atoms with Crippen LogP contribution in [-0.2, 0) is 5.41 Å². The van der Waals surface area contributed by atoms with Crippen LogP contribution in [0.3, 0.4) is 0 Å². The highest BCUT2D eigenvalue weighted by Gasteiger charge is 2.24. The average molecular weight is 329 g/mol. The number of halogens is 1. The van der Waals surface area contributed by atoms with Crippen molar-refractivity contribution in [2.45, 2.75) is 19.3 Å². The van der Waals surface area contributed by atoms with Crippen molar-refractivity contribution in [3.63, 3.8) is 0 Å². The van der Waals surface area contributed by atoms with Crippen LogP contribution in [0.4, 0.5) is 4.39 Å². The van der Waals surface area contributed by atoms with E-state index < -0.39 is 5.82 Å². The standard InChI is InChI=1S/C19H20FNO3/c1-19(2,12-21-18(22)13-4-3-5-15(20)10-13)14-6-7-16-17(11-14)24-9-8-23-16/h3-7,10-11H,8-9,12H2,1-2H3,(H,21,22). The van der Waals surface area contributed by atoms with Crippen LogP contribution in [0.2, 0.25) is 0 Å². The minimum Gasteiger partial charge on any atom is -0.486 e. The summed E-state index contributed by atoms with van der Waals surface area (Å²) in [5, 5.41) is 2.87. The van der Waals surface area contributed by atoms with Crippen molar-refractivity contribution in [3.05, 3.63) is 59.4 Å². The van der Waals surface area contributed by atoms with E-state index in [2.05, 4.69) is 5.32 Å². The maximum Gasteiger partial charge on any atom is 0.251 e. The average Bonchev–Trinajstić information content (AvgIpc) is 2.59. The number of carbonyl (C=O) groups is 1. The second kappa shape index (κ2) is 6.51. The minimum atomic E-state index is -0.422. The lowest BCUT2D eigenvalue weighted by atomic mass is 9.84. The molecule has 0 aliphatic carbocycles. The van der Waals surface area contributed by atoms with Gasteiger partial charge in [0, 0.05) is 17.5 Å². The van der Waals surface area contributed by atoms with E-state index in [0.29, 0.717) is 25.3 Å². The van der Waals surface area contributed by atoms with Crippen LogP contribution in [0.15, 0.2) is 42.5 Å². The molecule has 0 saturated carbocycles. The van der Waals surface area contributed by atoms with Crippen molar-refractivity contribution >= 4 is 5.91 Å². The van der Waals surface area contributed by atoms with E-state index in [-0.39, 0.29) is 11.3 Å². The molecule has 2 aromatic carbocycles. The Morgan fingerprint density at radius 2 is 1.88 bits per heavy atom. The molecule has 3 rings (SSSR count). The van der Waals surface area contributed by atoms with Gasteiger partial charge in [0.1, 0.15) is 19.0 Å². The van der Waals surface area contributed by atoms with E-state index in [1.807, 2.05) is 32.0 Å². The number of fused-ring (bicyclic) bond motifs is 1. The molecule has 0 spiro atoms. The van der Waals surface area contributed by atoms with Gasteiger partial charge >= 0.3 is 0 Å². The Hall–Kier alpha value is -2.56. The predicted molar refractivity (Wildman–Crippen MR) is 89.2 cm³/mol. The number of rotatable bonds is 4. The van der Waals surface area contributed by atoms with Crippen LogP contribution in [0.25, 0.3) is 0 Å². The summed E-state index contributed by atoms with van der Waals surface area (Å²) in [6.45, 7) is 5.57. The molecular formula is C19H20FNO3. The van der Waals surface area contributed by atoms with Gasteiger partial charge in [0.2, 0.25) is 0 Å². The van der Waals surface area contributed by atoms with Crippen LogP contribution >= 0.6 is 0 Å². The Labute approximate surface area is 140 Å². The van der Waals surface area contributed by atoms with Crippen LogP contribution in [0.5, 0.6) is 11.5 Å². The topological polar surface area (TPSA) is 47.6 Å². The first-order valence-corrected chi connectivity index (χ1v) is 7.90. The van der Waals surface area contributed by atoms with Crippen molar-refractivity contribution in [1.82, 2.24) is 5.32 Å². The number of hydrogen-bond acceptors (Lipinski definition) is 3. The zero-order valence-corrected chi connectivity index (χ0v) is 13.8. The number of carbonyl (C=O) groups excluding carboxylic acids is 1. The number of ether oxygens (including phenoxy) is 2. The highest BCUT2D eigenvalue weighted by atomic mass is 19.1. The van der Waals surface area contributed by atoms with Crippen molar-refractivity contribution in [2.75, 3.05) is 19.8 Å². The molecule has 0 bridgehead atoms. The summed E-state index contributed by atoms with van der Waals surface area (Å²) in [5.41, 5.74) is 1.04. The quantitative estimate of drug-likeness (QED) is 0.936. The monoisotopic (exact) mass is 329 g/mol. The second-order valence-electron chi connectivity index (χ2n) is 6.44. The van der Waals surface area contributed by atoms with Gasteiger partial charge in [0.05, 0.1) is 0 Å². The smallest absolute Gasteiger partial charge is 0.251 e. The highest BCUT2D eigenvalue weighted by molar-refractivity contribution is 5.94. The van der Waals surface area contributed by atoms with Gasteiger partial charge in [-0.05, 0) is 35.9 Å². The van der Waals surface area contributed by atoms with E-state index in [1.54, 1.807) is 6.07 Å². The molecule has 0 radical (unpaired) electrons. The van der Waals surface area contributed by atoms with E-state index in [0.717, 1.165) is 17.1 Å². The maximum absolute atomic E-state index is 13.2. The zero-order chi connectivity index (χ0) is 17.2. The molecule has 0 fully saturated rings. The third-order valence-electron chi connectivity index (χ3n) is 4.10. The largest absolute Gasteiger partial charge is 0.486 e. The van der Waals surface area contributed by atoms with Crippen LogP contribution in [0, 0.1) is 5.82 Å². The first kappa shape index (κ1) is 16.3. The molecule has 1 heterocycles. The summed E-state index contributed by atoms with van der Waals surface area (Å²) in [6.07, 6.45) is 0. The van der Waals surface area contributed by atoms with Gasteiger partial charge in [-0.25, -0.2) is 4.39 Å². The fraction of sp³-hybridized carbons (Fsp3) is 0.316. The normalized spacial score (nSPS) is 13.5. The van der Waals surface area contributed by atoms with Gasteiger partial charge in [0.15, 0.2) is 11.5 Å². The molecule has 0 saturated heterocycles. The SMILES string of the molecule is CC(C)(CNC(=O)c1cccc(F)c1)c1ccc2c(c1)OCCO2. The lowest BCUT2D eigenvalue weighted by Crippen LogP contribution is -2.36. The molecule has 1 N–H and O–H groups in total. The Kier molecular flexibility index (Phi) is 4.42. The number of benzene rings is 2. The molecule has 1 amide bonds. The summed E-state index contributed by atoms with van der Waals surface area (Å²) in [7, 11) is 0. The van der Waals surface area contributed by atoms with Crippen LogP contribution in [0.1, 0.15) is 29.8 Å². The Balaban J connectivity index is 1.70. The van der Waals surface area contributed by atoms with Crippen molar-refractivity contribution < 1.29 is 18.7 Å². The second-order valence-corrected chi connectivity index (χ2v) is 6.44. The third-order valence-corrected chi connectivity index (χ3v) is 4.10. The van der Waals surface area contributed by atoms with Gasteiger partial charge in [-0.15, -0.1) is 0 Å². The van der Waals surface area contributed by atoms with Crippen LogP contribution in [-0.4, -0.2) is 25.7 Å². The fourth-order valence-corrected chi connectivity index (χ4v) is 2.60. The summed E-state index contributed by atoms with van der Waals surface area (Å²) >= 11 is 0. The highest BCUT2D eigenvalue weighted by Crippen LogP contribution is 2.34. The number of hydrogen-bond donors (Lipinski definition) is 1. The Bertz CT molecular complexity index is 758. The number of amides is 1. The van der Waals surface area contributed by atoms with Gasteiger partial charge in [-0.1, -0.05) is 26.0 Å². The first-order chi connectivity index (χ1) is 11.5. The van der Waals surface area contributed by atoms with E-state index in [9.17, 15) is 9.18 Å². The summed E-state index contributed by atoms with van der Waals surface area (Å²) in [5.74, 6) is 0.752. The minimum absolute atomic E-state index is 0.292. The summed E-state index contributed by atoms with van der Waals surface area (Å²) in [4.78, 5) is 12.2. The number of nitrogens with one attached hydrogen (secondary N) is 1. The fourth-order valence-electron chi connectivity index (χ4n) is 2.60. The van der Waals surface area contributed by atoms with Crippen LogP contribution < -0.4 is 14.8 Å². The third kappa shape index (κ3) is 3.50. The lowest BCUT2D eigenvalue weighted by Gasteiger charge is -2.27. The van der Waals surface area contributed by atoms with Gasteiger partial charge in [-0.2, -0.15) is 0 Å². The van der Waals surface area contributed by atoms with Gasteiger partial charge in [0.25, 0.3) is 5.91 Å². The zero-order valence-electron chi connectivity index (χ0n) is 13.8. The molecule has 24 heavy (non-hydrogen) atoms.